The molecular weight excluding hydrogens is 319 g/mol. The Bertz CT molecular complexity index is 687. The number of ether oxygens (including phenoxy) is 1. The van der Waals surface area contributed by atoms with Crippen LogP contribution in [0.5, 0.6) is 5.75 Å². The van der Waals surface area contributed by atoms with E-state index in [4.69, 9.17) is 10.5 Å². The number of thioether (sulfide) groups is 1. The number of amides is 1. The molecule has 0 fully saturated rings. The lowest BCUT2D eigenvalue weighted by Gasteiger charge is -2.15. The number of hydrogen-bond donors (Lipinski definition) is 1. The van der Waals surface area contributed by atoms with E-state index in [1.54, 1.807) is 22.8 Å². The first-order valence-electron chi connectivity index (χ1n) is 6.88. The van der Waals surface area contributed by atoms with Gasteiger partial charge in [0.2, 0.25) is 5.91 Å². The summed E-state index contributed by atoms with van der Waals surface area (Å²) in [5.74, 6) is 0.465. The number of carbonyl (C=O) groups is 1. The van der Waals surface area contributed by atoms with E-state index >= 15 is 0 Å². The molecule has 0 bridgehead atoms. The van der Waals surface area contributed by atoms with Gasteiger partial charge < -0.3 is 10.5 Å². The topological polar surface area (TPSA) is 83.0 Å². The Balaban J connectivity index is 2.17. The fraction of sp³-hybridized carbons (Fsp3) is 0.267. The molecule has 0 spiro atoms. The van der Waals surface area contributed by atoms with Crippen LogP contribution in [0, 0.1) is 5.82 Å². The lowest BCUT2D eigenvalue weighted by atomic mass is 10.3. The van der Waals surface area contributed by atoms with Crippen LogP contribution in [0.2, 0.25) is 0 Å². The van der Waals surface area contributed by atoms with Gasteiger partial charge in [-0.25, -0.2) is 4.39 Å². The maximum atomic E-state index is 12.9. The van der Waals surface area contributed by atoms with E-state index in [2.05, 4.69) is 16.8 Å². The maximum absolute atomic E-state index is 12.9. The van der Waals surface area contributed by atoms with Gasteiger partial charge in [-0.15, -0.1) is 16.8 Å². The predicted molar refractivity (Wildman–Crippen MR) is 85.6 cm³/mol. The second-order valence-electron chi connectivity index (χ2n) is 4.71. The minimum Gasteiger partial charge on any atom is -0.483 e. The first-order valence-corrected chi connectivity index (χ1v) is 7.87. The van der Waals surface area contributed by atoms with E-state index in [0.717, 1.165) is 0 Å². The van der Waals surface area contributed by atoms with E-state index in [0.29, 0.717) is 23.3 Å². The highest BCUT2D eigenvalue weighted by Gasteiger charge is 2.19. The van der Waals surface area contributed by atoms with Gasteiger partial charge in [-0.2, -0.15) is 0 Å². The van der Waals surface area contributed by atoms with Gasteiger partial charge in [0.05, 0.1) is 5.75 Å². The van der Waals surface area contributed by atoms with Crippen molar-refractivity contribution in [2.45, 2.75) is 24.7 Å². The number of nitrogens with two attached hydrogens (primary N) is 1. The molecule has 23 heavy (non-hydrogen) atoms. The molecule has 8 heteroatoms. The minimum absolute atomic E-state index is 0.114. The van der Waals surface area contributed by atoms with Crippen LogP contribution in [-0.4, -0.2) is 26.4 Å². The molecular formula is C15H17FN4O2S. The van der Waals surface area contributed by atoms with Crippen molar-refractivity contribution in [3.05, 3.63) is 48.6 Å². The number of nitrogens with zero attached hydrogens (tertiary/aromatic N) is 3. The summed E-state index contributed by atoms with van der Waals surface area (Å²) < 4.78 is 20.5. The highest BCUT2D eigenvalue weighted by Crippen LogP contribution is 2.24. The van der Waals surface area contributed by atoms with Crippen molar-refractivity contribution >= 4 is 17.7 Å². The lowest BCUT2D eigenvalue weighted by molar-refractivity contribution is -0.115. The van der Waals surface area contributed by atoms with Gasteiger partial charge >= 0.3 is 0 Å². The summed E-state index contributed by atoms with van der Waals surface area (Å²) in [7, 11) is 0. The first-order chi connectivity index (χ1) is 11.0. The van der Waals surface area contributed by atoms with Crippen LogP contribution in [0.3, 0.4) is 0 Å². The van der Waals surface area contributed by atoms with Crippen molar-refractivity contribution in [3.63, 3.8) is 0 Å². The monoisotopic (exact) mass is 336 g/mol. The zero-order chi connectivity index (χ0) is 16.8. The number of hydrogen-bond acceptors (Lipinski definition) is 5. The SMILES string of the molecule is C=CCn1c(SCC(N)=O)nnc1[C@H](C)Oc1ccc(F)cc1. The third-order valence-electron chi connectivity index (χ3n) is 2.89. The second-order valence-corrected chi connectivity index (χ2v) is 5.65. The Labute approximate surface area is 137 Å². The molecule has 0 saturated heterocycles. The Morgan fingerprint density at radius 3 is 2.78 bits per heavy atom. The first kappa shape index (κ1) is 17.0. The van der Waals surface area contributed by atoms with Crippen molar-refractivity contribution in [2.75, 3.05) is 5.75 Å². The summed E-state index contributed by atoms with van der Waals surface area (Å²) in [6.45, 7) is 5.99. The lowest BCUT2D eigenvalue weighted by Crippen LogP contribution is -2.15. The summed E-state index contributed by atoms with van der Waals surface area (Å²) >= 11 is 1.20. The predicted octanol–water partition coefficient (Wildman–Crippen LogP) is 2.32. The highest BCUT2D eigenvalue weighted by atomic mass is 32.2. The molecule has 0 aliphatic carbocycles. The van der Waals surface area contributed by atoms with Crippen LogP contribution in [0.4, 0.5) is 4.39 Å². The largest absolute Gasteiger partial charge is 0.483 e. The molecule has 2 rings (SSSR count). The smallest absolute Gasteiger partial charge is 0.227 e. The number of benzene rings is 1. The fourth-order valence-electron chi connectivity index (χ4n) is 1.91. The molecule has 0 unspecified atom stereocenters. The molecule has 122 valence electrons. The van der Waals surface area contributed by atoms with Crippen LogP contribution in [0.15, 0.2) is 42.1 Å². The number of carbonyl (C=O) groups excluding carboxylic acids is 1. The molecule has 1 aromatic carbocycles. The molecule has 0 radical (unpaired) electrons. The summed E-state index contributed by atoms with van der Waals surface area (Å²) in [6.07, 6.45) is 1.29. The van der Waals surface area contributed by atoms with Crippen LogP contribution >= 0.6 is 11.8 Å². The van der Waals surface area contributed by atoms with Crippen molar-refractivity contribution in [3.8, 4) is 5.75 Å². The summed E-state index contributed by atoms with van der Waals surface area (Å²) in [5.41, 5.74) is 5.15. The van der Waals surface area contributed by atoms with Gasteiger partial charge in [-0.3, -0.25) is 9.36 Å². The Kier molecular flexibility index (Phi) is 5.75. The summed E-state index contributed by atoms with van der Waals surface area (Å²) in [5, 5.41) is 8.75. The molecule has 1 atom stereocenters. The zero-order valence-electron chi connectivity index (χ0n) is 12.6. The Hall–Kier alpha value is -2.35. The molecule has 1 amide bonds. The van der Waals surface area contributed by atoms with Gasteiger partial charge in [0.15, 0.2) is 17.1 Å². The quantitative estimate of drug-likeness (QED) is 0.591. The summed E-state index contributed by atoms with van der Waals surface area (Å²) in [6, 6.07) is 5.74. The van der Waals surface area contributed by atoms with E-state index in [-0.39, 0.29) is 11.6 Å². The van der Waals surface area contributed by atoms with E-state index in [1.807, 2.05) is 6.92 Å². The van der Waals surface area contributed by atoms with E-state index in [1.165, 1.54) is 23.9 Å². The number of halogens is 1. The van der Waals surface area contributed by atoms with E-state index in [9.17, 15) is 9.18 Å². The highest BCUT2D eigenvalue weighted by molar-refractivity contribution is 7.99. The van der Waals surface area contributed by atoms with Crippen LogP contribution in [0.1, 0.15) is 18.9 Å². The van der Waals surface area contributed by atoms with Crippen LogP contribution in [0.25, 0.3) is 0 Å². The van der Waals surface area contributed by atoms with Gasteiger partial charge in [0.1, 0.15) is 11.6 Å². The van der Waals surface area contributed by atoms with Crippen molar-refractivity contribution in [1.29, 1.82) is 0 Å². The van der Waals surface area contributed by atoms with Crippen molar-refractivity contribution in [2.24, 2.45) is 5.73 Å². The molecule has 2 aromatic rings. The van der Waals surface area contributed by atoms with Gasteiger partial charge in [0.25, 0.3) is 0 Å². The fourth-order valence-corrected chi connectivity index (χ4v) is 2.61. The number of allylic oxidation sites excluding steroid dienone is 1. The Morgan fingerprint density at radius 2 is 2.17 bits per heavy atom. The second kappa shape index (κ2) is 7.77. The van der Waals surface area contributed by atoms with Crippen LogP contribution in [-0.2, 0) is 11.3 Å². The average Bonchev–Trinajstić information content (AvgIpc) is 2.91. The normalized spacial score (nSPS) is 11.9. The van der Waals surface area contributed by atoms with Gasteiger partial charge in [-0.05, 0) is 31.2 Å². The molecule has 1 aromatic heterocycles. The third-order valence-corrected chi connectivity index (χ3v) is 3.88. The van der Waals surface area contributed by atoms with Gasteiger partial charge in [-0.1, -0.05) is 17.8 Å². The van der Waals surface area contributed by atoms with Crippen molar-refractivity contribution in [1.82, 2.24) is 14.8 Å². The van der Waals surface area contributed by atoms with Crippen LogP contribution < -0.4 is 10.5 Å². The maximum Gasteiger partial charge on any atom is 0.227 e. The molecule has 6 nitrogen and oxygen atoms in total. The van der Waals surface area contributed by atoms with Crippen molar-refractivity contribution < 1.29 is 13.9 Å². The van der Waals surface area contributed by atoms with Gasteiger partial charge in [0, 0.05) is 6.54 Å². The zero-order valence-corrected chi connectivity index (χ0v) is 13.4. The summed E-state index contributed by atoms with van der Waals surface area (Å²) in [4.78, 5) is 10.9. The molecule has 0 aliphatic heterocycles. The molecule has 2 N–H and O–H groups in total. The van der Waals surface area contributed by atoms with E-state index < -0.39 is 12.0 Å². The molecule has 0 aliphatic rings. The Morgan fingerprint density at radius 1 is 1.48 bits per heavy atom. The number of rotatable bonds is 8. The number of primary amides is 1. The number of aromatic nitrogens is 3. The minimum atomic E-state index is -0.430. The third kappa shape index (κ3) is 4.56. The molecule has 1 heterocycles. The molecule has 0 saturated carbocycles. The standard InChI is InChI=1S/C15H17FN4O2S/c1-3-8-20-14(18-19-15(20)23-9-13(17)21)10(2)22-12-6-4-11(16)5-7-12/h3-7,10H,1,8-9H2,2H3,(H2,17,21)/t10-/m0/s1. The average molecular weight is 336 g/mol.